The molecule has 0 aliphatic rings. The van der Waals surface area contributed by atoms with Crippen molar-refractivity contribution in [3.8, 4) is 5.75 Å². The van der Waals surface area contributed by atoms with Gasteiger partial charge < -0.3 is 4.74 Å². The van der Waals surface area contributed by atoms with E-state index in [4.69, 9.17) is 4.74 Å². The molecule has 0 radical (unpaired) electrons. The molecular formula is C21H26O2. The molecule has 0 N–H and O–H groups in total. The van der Waals surface area contributed by atoms with Gasteiger partial charge >= 0.3 is 5.97 Å². The first-order chi connectivity index (χ1) is 11.3. The molecule has 0 heterocycles. The van der Waals surface area contributed by atoms with E-state index in [0.29, 0.717) is 12.2 Å². The van der Waals surface area contributed by atoms with E-state index in [2.05, 4.69) is 30.3 Å². The highest BCUT2D eigenvalue weighted by molar-refractivity contribution is 5.72. The van der Waals surface area contributed by atoms with Gasteiger partial charge in [-0.05, 0) is 37.0 Å². The standard InChI is InChI=1S/C21H26O2/c22-21(23-20-16-10-6-11-17-20)18-12-4-2-1-3-7-13-19-14-8-5-9-15-19/h5-6,8-11,14-17H,1-4,7,12-13,18H2. The van der Waals surface area contributed by atoms with Crippen LogP contribution < -0.4 is 4.74 Å². The average Bonchev–Trinajstić information content (AvgIpc) is 2.59. The number of unbranched alkanes of at least 4 members (excludes halogenated alkanes) is 5. The first kappa shape index (κ1) is 17.3. The third kappa shape index (κ3) is 7.64. The Morgan fingerprint density at radius 3 is 1.96 bits per heavy atom. The van der Waals surface area contributed by atoms with Gasteiger partial charge in [0.1, 0.15) is 5.75 Å². The molecule has 2 nitrogen and oxygen atoms in total. The minimum atomic E-state index is -0.125. The lowest BCUT2D eigenvalue weighted by atomic mass is 10.0. The number of benzene rings is 2. The van der Waals surface area contributed by atoms with Gasteiger partial charge in [0, 0.05) is 6.42 Å². The second kappa shape index (κ2) is 10.6. The molecule has 0 unspecified atom stereocenters. The summed E-state index contributed by atoms with van der Waals surface area (Å²) in [7, 11) is 0. The molecule has 2 rings (SSSR count). The van der Waals surface area contributed by atoms with Crippen molar-refractivity contribution < 1.29 is 9.53 Å². The number of hydrogen-bond donors (Lipinski definition) is 0. The van der Waals surface area contributed by atoms with Crippen LogP contribution in [0.25, 0.3) is 0 Å². The van der Waals surface area contributed by atoms with Crippen molar-refractivity contribution in [2.45, 2.75) is 51.4 Å². The minimum Gasteiger partial charge on any atom is -0.427 e. The van der Waals surface area contributed by atoms with Crippen LogP contribution in [0.15, 0.2) is 60.7 Å². The Morgan fingerprint density at radius 1 is 0.696 bits per heavy atom. The van der Waals surface area contributed by atoms with E-state index in [1.807, 2.05) is 30.3 Å². The normalized spacial score (nSPS) is 10.4. The maximum absolute atomic E-state index is 11.7. The Balaban J connectivity index is 1.44. The molecule has 0 amide bonds. The molecule has 2 heteroatoms. The summed E-state index contributed by atoms with van der Waals surface area (Å²) in [6.45, 7) is 0. The Kier molecular flexibility index (Phi) is 7.96. The van der Waals surface area contributed by atoms with Crippen LogP contribution in [-0.2, 0) is 11.2 Å². The quantitative estimate of drug-likeness (QED) is 0.326. The first-order valence-corrected chi connectivity index (χ1v) is 8.64. The van der Waals surface area contributed by atoms with Gasteiger partial charge in [-0.15, -0.1) is 0 Å². The van der Waals surface area contributed by atoms with Crippen LogP contribution in [0.1, 0.15) is 50.5 Å². The van der Waals surface area contributed by atoms with Crippen molar-refractivity contribution >= 4 is 5.97 Å². The third-order valence-electron chi connectivity index (χ3n) is 3.91. The lowest BCUT2D eigenvalue weighted by Crippen LogP contribution is -2.07. The van der Waals surface area contributed by atoms with Crippen molar-refractivity contribution in [1.82, 2.24) is 0 Å². The predicted octanol–water partition coefficient (Wildman–Crippen LogP) is 5.57. The van der Waals surface area contributed by atoms with Gasteiger partial charge in [-0.3, -0.25) is 4.79 Å². The molecule has 2 aromatic carbocycles. The molecule has 0 aliphatic heterocycles. The summed E-state index contributed by atoms with van der Waals surface area (Å²) in [5.74, 6) is 0.513. The summed E-state index contributed by atoms with van der Waals surface area (Å²) in [5, 5.41) is 0. The number of esters is 1. The van der Waals surface area contributed by atoms with Crippen molar-refractivity contribution in [2.24, 2.45) is 0 Å². The lowest BCUT2D eigenvalue weighted by Gasteiger charge is -2.04. The summed E-state index contributed by atoms with van der Waals surface area (Å²) >= 11 is 0. The zero-order valence-electron chi connectivity index (χ0n) is 13.7. The van der Waals surface area contributed by atoms with Crippen LogP contribution >= 0.6 is 0 Å². The zero-order chi connectivity index (χ0) is 16.2. The number of rotatable bonds is 10. The predicted molar refractivity (Wildman–Crippen MR) is 94.5 cm³/mol. The van der Waals surface area contributed by atoms with E-state index in [9.17, 15) is 4.79 Å². The summed E-state index contributed by atoms with van der Waals surface area (Å²) in [5.41, 5.74) is 1.43. The van der Waals surface area contributed by atoms with Crippen molar-refractivity contribution in [1.29, 1.82) is 0 Å². The number of carbonyl (C=O) groups is 1. The number of hydrogen-bond acceptors (Lipinski definition) is 2. The van der Waals surface area contributed by atoms with Crippen molar-refractivity contribution in [3.63, 3.8) is 0 Å². The molecular weight excluding hydrogens is 284 g/mol. The fourth-order valence-corrected chi connectivity index (χ4v) is 2.62. The topological polar surface area (TPSA) is 26.3 Å². The highest BCUT2D eigenvalue weighted by Crippen LogP contribution is 2.13. The van der Waals surface area contributed by atoms with E-state index in [-0.39, 0.29) is 5.97 Å². The summed E-state index contributed by atoms with van der Waals surface area (Å²) < 4.78 is 5.27. The van der Waals surface area contributed by atoms with E-state index in [1.165, 1.54) is 37.7 Å². The SMILES string of the molecule is O=C(CCCCCCCCc1ccccc1)Oc1ccccc1. The molecule has 23 heavy (non-hydrogen) atoms. The Hall–Kier alpha value is -2.09. The fraction of sp³-hybridized carbons (Fsp3) is 0.381. The number of carbonyl (C=O) groups excluding carboxylic acids is 1. The van der Waals surface area contributed by atoms with E-state index in [1.54, 1.807) is 0 Å². The van der Waals surface area contributed by atoms with Gasteiger partial charge in [-0.25, -0.2) is 0 Å². The van der Waals surface area contributed by atoms with Gasteiger partial charge in [-0.2, -0.15) is 0 Å². The number of para-hydroxylation sites is 1. The van der Waals surface area contributed by atoms with Gasteiger partial charge in [-0.1, -0.05) is 74.2 Å². The maximum Gasteiger partial charge on any atom is 0.311 e. The molecule has 0 bridgehead atoms. The summed E-state index contributed by atoms with van der Waals surface area (Å²) in [6, 6.07) is 19.9. The van der Waals surface area contributed by atoms with Gasteiger partial charge in [0.2, 0.25) is 0 Å². The molecule has 0 aromatic heterocycles. The number of aryl methyl sites for hydroxylation is 1. The van der Waals surface area contributed by atoms with Gasteiger partial charge in [0.25, 0.3) is 0 Å². The average molecular weight is 310 g/mol. The lowest BCUT2D eigenvalue weighted by molar-refractivity contribution is -0.134. The van der Waals surface area contributed by atoms with Crippen LogP contribution in [0.4, 0.5) is 0 Å². The van der Waals surface area contributed by atoms with E-state index in [0.717, 1.165) is 12.8 Å². The van der Waals surface area contributed by atoms with Crippen LogP contribution in [0.3, 0.4) is 0 Å². The molecule has 0 saturated carbocycles. The van der Waals surface area contributed by atoms with Crippen LogP contribution in [0.5, 0.6) is 5.75 Å². The molecule has 122 valence electrons. The molecule has 2 aromatic rings. The second-order valence-electron chi connectivity index (χ2n) is 5.89. The van der Waals surface area contributed by atoms with Gasteiger partial charge in [0.05, 0.1) is 0 Å². The second-order valence-corrected chi connectivity index (χ2v) is 5.89. The molecule has 0 spiro atoms. The number of ether oxygens (including phenoxy) is 1. The minimum absolute atomic E-state index is 0.125. The van der Waals surface area contributed by atoms with Crippen LogP contribution in [0, 0.1) is 0 Å². The highest BCUT2D eigenvalue weighted by Gasteiger charge is 2.03. The molecule has 0 atom stereocenters. The maximum atomic E-state index is 11.7. The van der Waals surface area contributed by atoms with E-state index < -0.39 is 0 Å². The summed E-state index contributed by atoms with van der Waals surface area (Å²) in [6.07, 6.45) is 8.68. The fourth-order valence-electron chi connectivity index (χ4n) is 2.62. The highest BCUT2D eigenvalue weighted by atomic mass is 16.5. The first-order valence-electron chi connectivity index (χ1n) is 8.64. The van der Waals surface area contributed by atoms with E-state index >= 15 is 0 Å². The summed E-state index contributed by atoms with van der Waals surface area (Å²) in [4.78, 5) is 11.7. The molecule has 0 saturated heterocycles. The Morgan fingerprint density at radius 2 is 1.26 bits per heavy atom. The third-order valence-corrected chi connectivity index (χ3v) is 3.91. The van der Waals surface area contributed by atoms with Crippen LogP contribution in [0.2, 0.25) is 0 Å². The largest absolute Gasteiger partial charge is 0.427 e. The monoisotopic (exact) mass is 310 g/mol. The van der Waals surface area contributed by atoms with Crippen molar-refractivity contribution in [2.75, 3.05) is 0 Å². The Labute approximate surface area is 139 Å². The molecule has 0 aliphatic carbocycles. The Bertz CT molecular complexity index is 549. The molecule has 0 fully saturated rings. The van der Waals surface area contributed by atoms with Crippen molar-refractivity contribution in [3.05, 3.63) is 66.2 Å². The zero-order valence-corrected chi connectivity index (χ0v) is 13.7. The van der Waals surface area contributed by atoms with Crippen LogP contribution in [-0.4, -0.2) is 5.97 Å². The van der Waals surface area contributed by atoms with Gasteiger partial charge in [0.15, 0.2) is 0 Å². The smallest absolute Gasteiger partial charge is 0.311 e.